The number of alkyl halides is 3. The predicted octanol–water partition coefficient (Wildman–Crippen LogP) is 1.68. The molecule has 0 bridgehead atoms. The number of benzene rings is 1. The van der Waals surface area contributed by atoms with Gasteiger partial charge in [0.2, 0.25) is 0 Å². The highest BCUT2D eigenvalue weighted by molar-refractivity contribution is 5.75. The molecule has 116 valence electrons. The van der Waals surface area contributed by atoms with Crippen molar-refractivity contribution in [2.45, 2.75) is 12.8 Å². The number of nitrogens with two attached hydrogens (primary N) is 2. The van der Waals surface area contributed by atoms with Crippen LogP contribution in [-0.4, -0.2) is 32.0 Å². The highest BCUT2D eigenvalue weighted by Gasteiger charge is 2.31. The number of ether oxygens (including phenoxy) is 1. The van der Waals surface area contributed by atoms with E-state index in [9.17, 15) is 13.2 Å². The summed E-state index contributed by atoms with van der Waals surface area (Å²) in [6, 6.07) is 5.85. The summed E-state index contributed by atoms with van der Waals surface area (Å²) in [6.07, 6.45) is -3.72. The minimum absolute atomic E-state index is 0.0714. The molecule has 1 atom stereocenters. The molecule has 1 aliphatic heterocycles. The maximum atomic E-state index is 12.1. The number of anilines is 1. The molecule has 0 radical (unpaired) electrons. The van der Waals surface area contributed by atoms with Crippen LogP contribution < -0.4 is 21.1 Å². The zero-order valence-corrected chi connectivity index (χ0v) is 11.3. The summed E-state index contributed by atoms with van der Waals surface area (Å²) in [4.78, 5) is 6.08. The molecule has 21 heavy (non-hydrogen) atoms. The lowest BCUT2D eigenvalue weighted by Gasteiger charge is -2.19. The van der Waals surface area contributed by atoms with E-state index in [4.69, 9.17) is 11.5 Å². The van der Waals surface area contributed by atoms with Gasteiger partial charge in [-0.25, -0.2) is 0 Å². The van der Waals surface area contributed by atoms with Gasteiger partial charge < -0.3 is 21.1 Å². The van der Waals surface area contributed by atoms with E-state index in [0.29, 0.717) is 12.5 Å². The highest BCUT2D eigenvalue weighted by Crippen LogP contribution is 2.28. The van der Waals surface area contributed by atoms with Gasteiger partial charge >= 0.3 is 6.36 Å². The second-order valence-corrected chi connectivity index (χ2v) is 4.91. The first-order valence-corrected chi connectivity index (χ1v) is 6.49. The number of halogens is 3. The van der Waals surface area contributed by atoms with Gasteiger partial charge in [0, 0.05) is 25.3 Å². The van der Waals surface area contributed by atoms with Gasteiger partial charge in [-0.05, 0) is 36.6 Å². The molecule has 0 aliphatic carbocycles. The Morgan fingerprint density at radius 1 is 1.29 bits per heavy atom. The van der Waals surface area contributed by atoms with Crippen molar-refractivity contribution in [3.63, 3.8) is 0 Å². The van der Waals surface area contributed by atoms with Crippen molar-refractivity contribution in [1.29, 1.82) is 0 Å². The normalized spacial score (nSPS) is 18.6. The van der Waals surface area contributed by atoms with Crippen molar-refractivity contribution in [3.8, 4) is 5.75 Å². The second kappa shape index (κ2) is 6.11. The summed E-state index contributed by atoms with van der Waals surface area (Å²) < 4.78 is 40.1. The maximum absolute atomic E-state index is 12.1. The monoisotopic (exact) mass is 302 g/mol. The number of hydrogen-bond donors (Lipinski definition) is 2. The molecule has 1 saturated heterocycles. The Balaban J connectivity index is 1.93. The third-order valence-electron chi connectivity index (χ3n) is 3.25. The summed E-state index contributed by atoms with van der Waals surface area (Å²) in [5.74, 6) is 0.197. The van der Waals surface area contributed by atoms with E-state index in [1.807, 2.05) is 0 Å². The molecule has 1 unspecified atom stereocenters. The van der Waals surface area contributed by atoms with Crippen molar-refractivity contribution in [2.24, 2.45) is 22.4 Å². The molecular formula is C13H17F3N4O. The zero-order valence-electron chi connectivity index (χ0n) is 11.3. The minimum atomic E-state index is -4.67. The Bertz CT molecular complexity index is 497. The molecule has 0 aromatic heterocycles. The van der Waals surface area contributed by atoms with Gasteiger partial charge in [0.1, 0.15) is 5.75 Å². The zero-order chi connectivity index (χ0) is 15.5. The molecule has 0 saturated carbocycles. The van der Waals surface area contributed by atoms with E-state index in [1.165, 1.54) is 12.1 Å². The SMILES string of the molecule is NC(N)=NCC1CCN(c2ccc(OC(F)(F)F)cc2)C1. The van der Waals surface area contributed by atoms with Crippen LogP contribution in [-0.2, 0) is 0 Å². The van der Waals surface area contributed by atoms with Crippen molar-refractivity contribution in [3.05, 3.63) is 24.3 Å². The summed E-state index contributed by atoms with van der Waals surface area (Å²) in [6.45, 7) is 2.16. The molecule has 1 aliphatic rings. The predicted molar refractivity (Wildman–Crippen MR) is 74.1 cm³/mol. The number of aliphatic imine (C=N–C) groups is 1. The van der Waals surface area contributed by atoms with Gasteiger partial charge in [-0.3, -0.25) is 4.99 Å². The average Bonchev–Trinajstić information content (AvgIpc) is 2.84. The first-order valence-electron chi connectivity index (χ1n) is 6.49. The third-order valence-corrected chi connectivity index (χ3v) is 3.25. The molecule has 0 spiro atoms. The summed E-state index contributed by atoms with van der Waals surface area (Å²) in [5.41, 5.74) is 11.4. The van der Waals surface area contributed by atoms with Crippen LogP contribution in [0, 0.1) is 5.92 Å². The number of hydrogen-bond acceptors (Lipinski definition) is 3. The smallest absolute Gasteiger partial charge is 0.406 e. The Kier molecular flexibility index (Phi) is 4.44. The number of rotatable bonds is 4. The van der Waals surface area contributed by atoms with Gasteiger partial charge in [-0.15, -0.1) is 13.2 Å². The van der Waals surface area contributed by atoms with Crippen molar-refractivity contribution in [2.75, 3.05) is 24.5 Å². The second-order valence-electron chi connectivity index (χ2n) is 4.91. The molecule has 1 aromatic rings. The summed E-state index contributed by atoms with van der Waals surface area (Å²) in [5, 5.41) is 0. The van der Waals surface area contributed by atoms with E-state index < -0.39 is 6.36 Å². The van der Waals surface area contributed by atoms with Crippen LogP contribution in [0.5, 0.6) is 5.75 Å². The van der Waals surface area contributed by atoms with Crippen LogP contribution in [0.2, 0.25) is 0 Å². The standard InChI is InChI=1S/C13H17F3N4O/c14-13(15,16)21-11-3-1-10(2-4-11)20-6-5-9(8-20)7-19-12(17)18/h1-4,9H,5-8H2,(H4,17,18,19). The van der Waals surface area contributed by atoms with E-state index in [2.05, 4.69) is 14.6 Å². The van der Waals surface area contributed by atoms with Crippen LogP contribution in [0.15, 0.2) is 29.3 Å². The van der Waals surface area contributed by atoms with E-state index in [1.54, 1.807) is 12.1 Å². The fraction of sp³-hybridized carbons (Fsp3) is 0.462. The molecular weight excluding hydrogens is 285 g/mol. The van der Waals surface area contributed by atoms with E-state index in [-0.39, 0.29) is 11.7 Å². The summed E-state index contributed by atoms with van der Waals surface area (Å²) in [7, 11) is 0. The van der Waals surface area contributed by atoms with Gasteiger partial charge in [-0.2, -0.15) is 0 Å². The van der Waals surface area contributed by atoms with E-state index >= 15 is 0 Å². The fourth-order valence-corrected chi connectivity index (χ4v) is 2.31. The third kappa shape index (κ3) is 4.73. The minimum Gasteiger partial charge on any atom is -0.406 e. The molecule has 0 amide bonds. The first-order chi connectivity index (χ1) is 9.83. The average molecular weight is 302 g/mol. The van der Waals surface area contributed by atoms with Crippen molar-refractivity contribution < 1.29 is 17.9 Å². The topological polar surface area (TPSA) is 76.9 Å². The van der Waals surface area contributed by atoms with Crippen molar-refractivity contribution in [1.82, 2.24) is 0 Å². The molecule has 4 N–H and O–H groups in total. The van der Waals surface area contributed by atoms with Crippen molar-refractivity contribution >= 4 is 11.6 Å². The van der Waals surface area contributed by atoms with Crippen LogP contribution in [0.4, 0.5) is 18.9 Å². The highest BCUT2D eigenvalue weighted by atomic mass is 19.4. The molecule has 2 rings (SSSR count). The van der Waals surface area contributed by atoms with Crippen LogP contribution in [0.25, 0.3) is 0 Å². The molecule has 1 fully saturated rings. The quantitative estimate of drug-likeness (QED) is 0.655. The lowest BCUT2D eigenvalue weighted by Crippen LogP contribution is -2.25. The first kappa shape index (κ1) is 15.3. The molecule has 1 aromatic carbocycles. The Morgan fingerprint density at radius 2 is 1.95 bits per heavy atom. The Morgan fingerprint density at radius 3 is 2.52 bits per heavy atom. The van der Waals surface area contributed by atoms with Gasteiger partial charge in [0.15, 0.2) is 5.96 Å². The van der Waals surface area contributed by atoms with Crippen LogP contribution in [0.1, 0.15) is 6.42 Å². The van der Waals surface area contributed by atoms with Gasteiger partial charge in [0.05, 0.1) is 0 Å². The molecule has 1 heterocycles. The van der Waals surface area contributed by atoms with Crippen LogP contribution >= 0.6 is 0 Å². The lowest BCUT2D eigenvalue weighted by molar-refractivity contribution is -0.274. The Labute approximate surface area is 120 Å². The van der Waals surface area contributed by atoms with Crippen LogP contribution in [0.3, 0.4) is 0 Å². The van der Waals surface area contributed by atoms with Gasteiger partial charge in [-0.1, -0.05) is 0 Å². The summed E-state index contributed by atoms with van der Waals surface area (Å²) >= 11 is 0. The lowest BCUT2D eigenvalue weighted by atomic mass is 10.1. The largest absolute Gasteiger partial charge is 0.573 e. The molecule has 5 nitrogen and oxygen atoms in total. The Hall–Kier alpha value is -2.12. The van der Waals surface area contributed by atoms with E-state index in [0.717, 1.165) is 25.2 Å². The van der Waals surface area contributed by atoms with Gasteiger partial charge in [0.25, 0.3) is 0 Å². The fourth-order valence-electron chi connectivity index (χ4n) is 2.31. The number of nitrogens with zero attached hydrogens (tertiary/aromatic N) is 2. The number of guanidine groups is 1. The molecule has 8 heteroatoms. The maximum Gasteiger partial charge on any atom is 0.573 e.